The third kappa shape index (κ3) is 2.89. The molecule has 0 N–H and O–H groups in total. The summed E-state index contributed by atoms with van der Waals surface area (Å²) in [5, 5.41) is 10.6. The zero-order chi connectivity index (χ0) is 8.91. The van der Waals surface area contributed by atoms with Crippen molar-refractivity contribution in [2.45, 2.75) is 27.2 Å². The van der Waals surface area contributed by atoms with Gasteiger partial charge in [-0.15, -0.1) is 0 Å². The molecule has 0 radical (unpaired) electrons. The summed E-state index contributed by atoms with van der Waals surface area (Å²) in [6.07, 6.45) is 0.537. The number of carbonyl (C=O) groups excluding carboxylic acids is 1. The van der Waals surface area contributed by atoms with Gasteiger partial charge in [-0.3, -0.25) is 0 Å². The van der Waals surface area contributed by atoms with Gasteiger partial charge in [0.1, 0.15) is 0 Å². The highest BCUT2D eigenvalue weighted by Gasteiger charge is 2.23. The molecule has 0 rings (SSSR count). The SMILES string of the molecule is CCOCC(C)(CC)C(=O)[O-]. The molecule has 11 heavy (non-hydrogen) atoms. The van der Waals surface area contributed by atoms with Crippen LogP contribution in [0.15, 0.2) is 0 Å². The van der Waals surface area contributed by atoms with Gasteiger partial charge in [-0.05, 0) is 13.3 Å². The van der Waals surface area contributed by atoms with E-state index in [1.807, 2.05) is 13.8 Å². The summed E-state index contributed by atoms with van der Waals surface area (Å²) < 4.78 is 5.03. The van der Waals surface area contributed by atoms with Crippen molar-refractivity contribution in [3.8, 4) is 0 Å². The van der Waals surface area contributed by atoms with Crippen molar-refractivity contribution < 1.29 is 14.6 Å². The third-order valence-electron chi connectivity index (χ3n) is 1.90. The largest absolute Gasteiger partial charge is 0.549 e. The van der Waals surface area contributed by atoms with Crippen LogP contribution in [0, 0.1) is 5.41 Å². The Labute approximate surface area is 67.4 Å². The molecule has 0 heterocycles. The topological polar surface area (TPSA) is 49.4 Å². The van der Waals surface area contributed by atoms with Gasteiger partial charge in [-0.1, -0.05) is 13.8 Å². The second-order valence-electron chi connectivity index (χ2n) is 2.84. The van der Waals surface area contributed by atoms with Crippen molar-refractivity contribution >= 4 is 5.97 Å². The molecule has 0 aliphatic rings. The molecule has 0 aliphatic heterocycles. The first-order chi connectivity index (χ1) is 5.06. The van der Waals surface area contributed by atoms with Crippen molar-refractivity contribution in [2.75, 3.05) is 13.2 Å². The van der Waals surface area contributed by atoms with Crippen LogP contribution in [0.3, 0.4) is 0 Å². The predicted molar refractivity (Wildman–Crippen MR) is 39.9 cm³/mol. The summed E-state index contributed by atoms with van der Waals surface area (Å²) in [5.74, 6) is -1.03. The Balaban J connectivity index is 3.99. The van der Waals surface area contributed by atoms with Crippen LogP contribution in [0.1, 0.15) is 27.2 Å². The fourth-order valence-corrected chi connectivity index (χ4v) is 0.633. The molecule has 0 spiro atoms. The average molecular weight is 159 g/mol. The zero-order valence-electron chi connectivity index (χ0n) is 7.35. The van der Waals surface area contributed by atoms with Crippen LogP contribution in [-0.2, 0) is 9.53 Å². The van der Waals surface area contributed by atoms with Crippen LogP contribution in [-0.4, -0.2) is 19.2 Å². The molecule has 0 saturated carbocycles. The minimum atomic E-state index is -1.03. The monoisotopic (exact) mass is 159 g/mol. The highest BCUT2D eigenvalue weighted by molar-refractivity contribution is 5.71. The van der Waals surface area contributed by atoms with Gasteiger partial charge in [0.05, 0.1) is 6.61 Å². The lowest BCUT2D eigenvalue weighted by atomic mass is 9.89. The lowest BCUT2D eigenvalue weighted by molar-refractivity contribution is -0.320. The van der Waals surface area contributed by atoms with Gasteiger partial charge in [0.2, 0.25) is 0 Å². The molecule has 0 saturated heterocycles. The van der Waals surface area contributed by atoms with Crippen LogP contribution in [0.4, 0.5) is 0 Å². The number of carboxylic acids is 1. The molecule has 3 nitrogen and oxygen atoms in total. The van der Waals surface area contributed by atoms with E-state index in [1.165, 1.54) is 0 Å². The Morgan fingerprint density at radius 3 is 2.36 bits per heavy atom. The van der Waals surface area contributed by atoms with Gasteiger partial charge in [-0.2, -0.15) is 0 Å². The number of aliphatic carboxylic acids is 1. The molecule has 3 heteroatoms. The van der Waals surface area contributed by atoms with Crippen LogP contribution >= 0.6 is 0 Å². The molecule has 1 atom stereocenters. The number of carboxylic acid groups (broad SMARTS) is 1. The van der Waals surface area contributed by atoms with E-state index in [2.05, 4.69) is 0 Å². The maximum atomic E-state index is 10.6. The summed E-state index contributed by atoms with van der Waals surface area (Å²) in [6, 6.07) is 0. The second kappa shape index (κ2) is 4.34. The van der Waals surface area contributed by atoms with E-state index in [9.17, 15) is 9.90 Å². The van der Waals surface area contributed by atoms with E-state index in [0.29, 0.717) is 13.0 Å². The Morgan fingerprint density at radius 2 is 2.09 bits per heavy atom. The van der Waals surface area contributed by atoms with Gasteiger partial charge in [0.15, 0.2) is 0 Å². The van der Waals surface area contributed by atoms with Gasteiger partial charge in [-0.25, -0.2) is 0 Å². The number of hydrogen-bond donors (Lipinski definition) is 0. The molecule has 0 aliphatic carbocycles. The highest BCUT2D eigenvalue weighted by Crippen LogP contribution is 2.19. The van der Waals surface area contributed by atoms with Crippen molar-refractivity contribution in [2.24, 2.45) is 5.41 Å². The number of hydrogen-bond acceptors (Lipinski definition) is 3. The number of ether oxygens (including phenoxy) is 1. The molecule has 0 aromatic carbocycles. The number of carbonyl (C=O) groups is 1. The van der Waals surface area contributed by atoms with E-state index >= 15 is 0 Å². The van der Waals surface area contributed by atoms with E-state index in [1.54, 1.807) is 6.92 Å². The quantitative estimate of drug-likeness (QED) is 0.575. The van der Waals surface area contributed by atoms with E-state index in [4.69, 9.17) is 4.74 Å². The lowest BCUT2D eigenvalue weighted by Crippen LogP contribution is -2.43. The Kier molecular flexibility index (Phi) is 4.11. The smallest absolute Gasteiger partial charge is 0.0571 e. The van der Waals surface area contributed by atoms with Crippen molar-refractivity contribution in [1.82, 2.24) is 0 Å². The molecular weight excluding hydrogens is 144 g/mol. The fraction of sp³-hybridized carbons (Fsp3) is 0.875. The third-order valence-corrected chi connectivity index (χ3v) is 1.90. The van der Waals surface area contributed by atoms with Crippen LogP contribution in [0.5, 0.6) is 0 Å². The molecule has 0 amide bonds. The molecule has 0 fully saturated rings. The van der Waals surface area contributed by atoms with E-state index in [0.717, 1.165) is 0 Å². The van der Waals surface area contributed by atoms with E-state index in [-0.39, 0.29) is 6.61 Å². The maximum Gasteiger partial charge on any atom is 0.0571 e. The van der Waals surface area contributed by atoms with Crippen molar-refractivity contribution in [3.05, 3.63) is 0 Å². The standard InChI is InChI=1S/C8H16O3/c1-4-8(3,7(9)10)6-11-5-2/h4-6H2,1-3H3,(H,9,10)/p-1. The minimum absolute atomic E-state index is 0.238. The fourth-order valence-electron chi connectivity index (χ4n) is 0.633. The summed E-state index contributed by atoms with van der Waals surface area (Å²) >= 11 is 0. The van der Waals surface area contributed by atoms with Gasteiger partial charge >= 0.3 is 0 Å². The number of rotatable bonds is 5. The molecule has 0 bridgehead atoms. The van der Waals surface area contributed by atoms with E-state index < -0.39 is 11.4 Å². The molecule has 1 unspecified atom stereocenters. The molecule has 66 valence electrons. The van der Waals surface area contributed by atoms with Crippen LogP contribution < -0.4 is 5.11 Å². The lowest BCUT2D eigenvalue weighted by Gasteiger charge is -2.28. The summed E-state index contributed by atoms with van der Waals surface area (Å²) in [4.78, 5) is 10.6. The predicted octanol–water partition coefficient (Wildman–Crippen LogP) is 0.189. The van der Waals surface area contributed by atoms with Gasteiger partial charge in [0, 0.05) is 18.0 Å². The second-order valence-corrected chi connectivity index (χ2v) is 2.84. The summed E-state index contributed by atoms with van der Waals surface area (Å²) in [6.45, 7) is 6.07. The normalized spacial score (nSPS) is 15.9. The van der Waals surface area contributed by atoms with Gasteiger partial charge < -0.3 is 14.6 Å². The molecule has 0 aromatic heterocycles. The Hall–Kier alpha value is -0.570. The van der Waals surface area contributed by atoms with Crippen molar-refractivity contribution in [3.63, 3.8) is 0 Å². The summed E-state index contributed by atoms with van der Waals surface area (Å²) in [5.41, 5.74) is -0.823. The summed E-state index contributed by atoms with van der Waals surface area (Å²) in [7, 11) is 0. The highest BCUT2D eigenvalue weighted by atomic mass is 16.5. The Bertz CT molecular complexity index is 133. The average Bonchev–Trinajstić information content (AvgIpc) is 2.00. The Morgan fingerprint density at radius 1 is 1.55 bits per heavy atom. The maximum absolute atomic E-state index is 10.6. The van der Waals surface area contributed by atoms with Gasteiger partial charge in [0.25, 0.3) is 0 Å². The zero-order valence-corrected chi connectivity index (χ0v) is 7.35. The molecular formula is C8H15O3-. The van der Waals surface area contributed by atoms with Crippen molar-refractivity contribution in [1.29, 1.82) is 0 Å². The minimum Gasteiger partial charge on any atom is -0.549 e. The first-order valence-electron chi connectivity index (χ1n) is 3.86. The molecule has 0 aromatic rings. The van der Waals surface area contributed by atoms with Crippen LogP contribution in [0.2, 0.25) is 0 Å². The van der Waals surface area contributed by atoms with Crippen LogP contribution in [0.25, 0.3) is 0 Å². The first-order valence-corrected chi connectivity index (χ1v) is 3.86. The first kappa shape index (κ1) is 10.4.